The molecule has 0 amide bonds. The summed E-state index contributed by atoms with van der Waals surface area (Å²) in [7, 11) is 0. The molecule has 0 aromatic heterocycles. The first-order chi connectivity index (χ1) is 6.45. The van der Waals surface area contributed by atoms with Crippen LogP contribution in [-0.4, -0.2) is 25.9 Å². The molecule has 1 fully saturated rings. The van der Waals surface area contributed by atoms with Crippen molar-refractivity contribution in [1.82, 2.24) is 5.32 Å². The predicted octanol–water partition coefficient (Wildman–Crippen LogP) is 1.04. The molecule has 0 saturated carbocycles. The van der Waals surface area contributed by atoms with Crippen LogP contribution in [-0.2, 0) is 4.74 Å². The van der Waals surface area contributed by atoms with Crippen molar-refractivity contribution in [2.45, 2.75) is 6.23 Å². The summed E-state index contributed by atoms with van der Waals surface area (Å²) in [6, 6.07) is 10.1. The van der Waals surface area contributed by atoms with Crippen LogP contribution in [0.1, 0.15) is 0 Å². The number of hydrogen-bond donors (Lipinski definition) is 2. The topological polar surface area (TPSA) is 33.3 Å². The fourth-order valence-electron chi connectivity index (χ4n) is 1.38. The Bertz CT molecular complexity index is 244. The minimum Gasteiger partial charge on any atom is -0.359 e. The van der Waals surface area contributed by atoms with Crippen molar-refractivity contribution in [1.29, 1.82) is 0 Å². The number of para-hydroxylation sites is 1. The van der Waals surface area contributed by atoms with Crippen molar-refractivity contribution in [2.75, 3.05) is 25.0 Å². The summed E-state index contributed by atoms with van der Waals surface area (Å²) < 4.78 is 5.51. The smallest absolute Gasteiger partial charge is 0.140 e. The summed E-state index contributed by atoms with van der Waals surface area (Å²) in [5, 5.41) is 6.56. The highest BCUT2D eigenvalue weighted by atomic mass is 16.5. The molecule has 2 rings (SSSR count). The average molecular weight is 178 g/mol. The largest absolute Gasteiger partial charge is 0.359 e. The van der Waals surface area contributed by atoms with Gasteiger partial charge in [0.2, 0.25) is 0 Å². The van der Waals surface area contributed by atoms with Gasteiger partial charge in [0.15, 0.2) is 0 Å². The van der Waals surface area contributed by atoms with Gasteiger partial charge in [-0.25, -0.2) is 0 Å². The third-order valence-corrected chi connectivity index (χ3v) is 2.03. The lowest BCUT2D eigenvalue weighted by atomic mass is 10.3. The molecule has 70 valence electrons. The van der Waals surface area contributed by atoms with E-state index in [1.54, 1.807) is 0 Å². The molecule has 0 radical (unpaired) electrons. The maximum atomic E-state index is 5.51. The van der Waals surface area contributed by atoms with Gasteiger partial charge in [-0.2, -0.15) is 0 Å². The highest BCUT2D eigenvalue weighted by molar-refractivity contribution is 5.42. The Hall–Kier alpha value is -1.06. The lowest BCUT2D eigenvalue weighted by Crippen LogP contribution is -2.42. The molecular weight excluding hydrogens is 164 g/mol. The lowest BCUT2D eigenvalue weighted by molar-refractivity contribution is 0.0468. The zero-order valence-corrected chi connectivity index (χ0v) is 7.49. The highest BCUT2D eigenvalue weighted by Gasteiger charge is 2.11. The molecule has 3 heteroatoms. The van der Waals surface area contributed by atoms with Gasteiger partial charge in [-0.15, -0.1) is 0 Å². The molecule has 0 spiro atoms. The van der Waals surface area contributed by atoms with Crippen LogP contribution in [0.4, 0.5) is 5.69 Å². The van der Waals surface area contributed by atoms with E-state index >= 15 is 0 Å². The molecule has 1 saturated heterocycles. The fourth-order valence-corrected chi connectivity index (χ4v) is 1.38. The summed E-state index contributed by atoms with van der Waals surface area (Å²) in [5.74, 6) is 0. The van der Waals surface area contributed by atoms with Crippen molar-refractivity contribution >= 4 is 5.69 Å². The van der Waals surface area contributed by atoms with E-state index in [0.717, 1.165) is 25.4 Å². The maximum absolute atomic E-state index is 5.51. The molecule has 1 aromatic carbocycles. The van der Waals surface area contributed by atoms with E-state index in [0.29, 0.717) is 0 Å². The van der Waals surface area contributed by atoms with E-state index < -0.39 is 0 Å². The first-order valence-corrected chi connectivity index (χ1v) is 4.59. The normalized spacial score (nSPS) is 22.6. The van der Waals surface area contributed by atoms with Crippen LogP contribution in [0.25, 0.3) is 0 Å². The van der Waals surface area contributed by atoms with E-state index in [2.05, 4.69) is 10.6 Å². The van der Waals surface area contributed by atoms with Gasteiger partial charge in [-0.1, -0.05) is 18.2 Å². The van der Waals surface area contributed by atoms with Crippen molar-refractivity contribution < 1.29 is 4.74 Å². The first-order valence-electron chi connectivity index (χ1n) is 4.59. The third kappa shape index (κ3) is 2.44. The molecule has 3 nitrogen and oxygen atoms in total. The van der Waals surface area contributed by atoms with Gasteiger partial charge in [0.05, 0.1) is 6.61 Å². The van der Waals surface area contributed by atoms with Crippen molar-refractivity contribution in [3.63, 3.8) is 0 Å². The number of nitrogens with one attached hydrogen (secondary N) is 2. The van der Waals surface area contributed by atoms with Gasteiger partial charge in [0.25, 0.3) is 0 Å². The summed E-state index contributed by atoms with van der Waals surface area (Å²) in [4.78, 5) is 0. The molecule has 1 unspecified atom stereocenters. The van der Waals surface area contributed by atoms with Gasteiger partial charge < -0.3 is 15.4 Å². The number of morpholine rings is 1. The molecule has 1 atom stereocenters. The molecular formula is C10H14N2O. The van der Waals surface area contributed by atoms with Gasteiger partial charge in [0, 0.05) is 18.8 Å². The molecule has 0 bridgehead atoms. The van der Waals surface area contributed by atoms with Crippen LogP contribution in [0, 0.1) is 0 Å². The second-order valence-electron chi connectivity index (χ2n) is 3.07. The molecule has 1 heterocycles. The highest BCUT2D eigenvalue weighted by Crippen LogP contribution is 2.08. The summed E-state index contributed by atoms with van der Waals surface area (Å²) >= 11 is 0. The zero-order valence-electron chi connectivity index (χ0n) is 7.49. The van der Waals surface area contributed by atoms with Gasteiger partial charge in [-0.3, -0.25) is 0 Å². The first kappa shape index (κ1) is 8.53. The van der Waals surface area contributed by atoms with Crippen molar-refractivity contribution in [3.8, 4) is 0 Å². The monoisotopic (exact) mass is 178 g/mol. The predicted molar refractivity (Wildman–Crippen MR) is 52.7 cm³/mol. The Morgan fingerprint density at radius 1 is 1.31 bits per heavy atom. The van der Waals surface area contributed by atoms with Crippen molar-refractivity contribution in [3.05, 3.63) is 30.3 Å². The molecule has 1 aliphatic rings. The third-order valence-electron chi connectivity index (χ3n) is 2.03. The van der Waals surface area contributed by atoms with E-state index in [-0.39, 0.29) is 6.23 Å². The quantitative estimate of drug-likeness (QED) is 0.710. The minimum absolute atomic E-state index is 0.108. The number of anilines is 1. The summed E-state index contributed by atoms with van der Waals surface area (Å²) in [6.45, 7) is 2.60. The average Bonchev–Trinajstić information content (AvgIpc) is 2.21. The fraction of sp³-hybridized carbons (Fsp3) is 0.400. The Morgan fingerprint density at radius 3 is 2.85 bits per heavy atom. The Kier molecular flexibility index (Phi) is 2.79. The van der Waals surface area contributed by atoms with Crippen LogP contribution >= 0.6 is 0 Å². The Labute approximate surface area is 78.1 Å². The van der Waals surface area contributed by atoms with E-state index in [1.807, 2.05) is 30.3 Å². The minimum atomic E-state index is 0.108. The lowest BCUT2D eigenvalue weighted by Gasteiger charge is -2.25. The second kappa shape index (κ2) is 4.25. The number of rotatable bonds is 2. The SMILES string of the molecule is c1ccc(NC2CNCCO2)cc1. The molecule has 2 N–H and O–H groups in total. The van der Waals surface area contributed by atoms with Gasteiger partial charge in [-0.05, 0) is 12.1 Å². The van der Waals surface area contributed by atoms with Crippen LogP contribution < -0.4 is 10.6 Å². The van der Waals surface area contributed by atoms with Crippen LogP contribution in [0.15, 0.2) is 30.3 Å². The molecule has 1 aromatic rings. The molecule has 0 aliphatic carbocycles. The number of ether oxygens (including phenoxy) is 1. The second-order valence-corrected chi connectivity index (χ2v) is 3.07. The van der Waals surface area contributed by atoms with Crippen LogP contribution in [0.2, 0.25) is 0 Å². The standard InChI is InChI=1S/C10H14N2O/c1-2-4-9(5-3-1)12-10-8-11-6-7-13-10/h1-5,10-12H,6-8H2. The Balaban J connectivity index is 1.90. The van der Waals surface area contributed by atoms with E-state index in [1.165, 1.54) is 0 Å². The van der Waals surface area contributed by atoms with Crippen LogP contribution in [0.5, 0.6) is 0 Å². The molecule has 13 heavy (non-hydrogen) atoms. The maximum Gasteiger partial charge on any atom is 0.140 e. The van der Waals surface area contributed by atoms with Gasteiger partial charge >= 0.3 is 0 Å². The van der Waals surface area contributed by atoms with Crippen molar-refractivity contribution in [2.24, 2.45) is 0 Å². The summed E-state index contributed by atoms with van der Waals surface area (Å²) in [6.07, 6.45) is 0.108. The number of hydrogen-bond acceptors (Lipinski definition) is 3. The zero-order chi connectivity index (χ0) is 8.93. The van der Waals surface area contributed by atoms with E-state index in [9.17, 15) is 0 Å². The van der Waals surface area contributed by atoms with Gasteiger partial charge in [0.1, 0.15) is 6.23 Å². The molecule has 1 aliphatic heterocycles. The van der Waals surface area contributed by atoms with Crippen LogP contribution in [0.3, 0.4) is 0 Å². The van der Waals surface area contributed by atoms with E-state index in [4.69, 9.17) is 4.74 Å². The number of benzene rings is 1. The summed E-state index contributed by atoms with van der Waals surface area (Å²) in [5.41, 5.74) is 1.11. The Morgan fingerprint density at radius 2 is 2.15 bits per heavy atom.